The van der Waals surface area contributed by atoms with Gasteiger partial charge in [-0.05, 0) is 30.5 Å². The second-order valence-electron chi connectivity index (χ2n) is 7.65. The molecule has 2 heterocycles. The summed E-state index contributed by atoms with van der Waals surface area (Å²) in [5.74, 6) is -0.338. The summed E-state index contributed by atoms with van der Waals surface area (Å²) in [6.45, 7) is 6.36. The minimum Gasteiger partial charge on any atom is -0.491 e. The lowest BCUT2D eigenvalue weighted by Crippen LogP contribution is -2.57. The minimum absolute atomic E-state index is 0.0140. The first-order valence-electron chi connectivity index (χ1n) is 10.2. The third kappa shape index (κ3) is 4.66. The molecule has 1 aromatic carbocycles. The maximum Gasteiger partial charge on any atom is 0.311 e. The number of hydrogen-bond donors (Lipinski definition) is 1. The smallest absolute Gasteiger partial charge is 0.311 e. The Morgan fingerprint density at radius 2 is 2.00 bits per heavy atom. The Morgan fingerprint density at radius 1 is 1.30 bits per heavy atom. The zero-order valence-corrected chi connectivity index (χ0v) is 17.4. The van der Waals surface area contributed by atoms with E-state index in [2.05, 4.69) is 11.5 Å². The highest BCUT2D eigenvalue weighted by Crippen LogP contribution is 2.44. The number of nitrogens with zero attached hydrogens (tertiary/aromatic N) is 2. The number of aliphatic hydroxyl groups excluding tert-OH is 1. The highest BCUT2D eigenvalue weighted by Gasteiger charge is 2.58. The van der Waals surface area contributed by atoms with Crippen molar-refractivity contribution in [3.63, 3.8) is 0 Å². The molecule has 30 heavy (non-hydrogen) atoms. The Hall–Kier alpha value is -2.42. The zero-order valence-electron chi connectivity index (χ0n) is 17.4. The quantitative estimate of drug-likeness (QED) is 0.481. The molecule has 8 heteroatoms. The van der Waals surface area contributed by atoms with Crippen molar-refractivity contribution in [2.45, 2.75) is 31.3 Å². The Bertz CT molecular complexity index is 742. The third-order valence-electron chi connectivity index (χ3n) is 5.88. The molecule has 0 unspecified atom stereocenters. The third-order valence-corrected chi connectivity index (χ3v) is 5.88. The second-order valence-corrected chi connectivity index (χ2v) is 7.65. The Labute approximate surface area is 177 Å². The molecule has 8 nitrogen and oxygen atoms in total. The number of hydrogen-bond acceptors (Lipinski definition) is 7. The number of methoxy groups -OCH3 is 1. The topological polar surface area (TPSA) is 88.5 Å². The van der Waals surface area contributed by atoms with Crippen LogP contribution in [0, 0.1) is 5.92 Å². The van der Waals surface area contributed by atoms with Crippen LogP contribution in [0.2, 0.25) is 0 Å². The van der Waals surface area contributed by atoms with Crippen LogP contribution in [0.15, 0.2) is 36.9 Å². The van der Waals surface area contributed by atoms with E-state index in [-0.39, 0.29) is 38.1 Å². The molecule has 0 saturated carbocycles. The predicted molar refractivity (Wildman–Crippen MR) is 109 cm³/mol. The molecule has 2 fully saturated rings. The minimum atomic E-state index is -0.675. The van der Waals surface area contributed by atoms with Crippen LogP contribution in [0.3, 0.4) is 0 Å². The van der Waals surface area contributed by atoms with Crippen LogP contribution in [-0.4, -0.2) is 72.5 Å². The molecule has 1 aromatic rings. The van der Waals surface area contributed by atoms with Crippen molar-refractivity contribution in [1.82, 2.24) is 9.96 Å². The molecule has 0 radical (unpaired) electrons. The summed E-state index contributed by atoms with van der Waals surface area (Å²) in [6.07, 6.45) is 2.97. The molecule has 2 saturated heterocycles. The molecule has 1 atom stereocenters. The number of benzene rings is 1. The molecule has 0 bridgehead atoms. The summed E-state index contributed by atoms with van der Waals surface area (Å²) in [4.78, 5) is 33.0. The van der Waals surface area contributed by atoms with Gasteiger partial charge in [0, 0.05) is 26.1 Å². The van der Waals surface area contributed by atoms with Crippen LogP contribution in [0.1, 0.15) is 24.8 Å². The van der Waals surface area contributed by atoms with Crippen molar-refractivity contribution >= 4 is 11.9 Å². The van der Waals surface area contributed by atoms with Gasteiger partial charge in [0.1, 0.15) is 12.4 Å². The van der Waals surface area contributed by atoms with Gasteiger partial charge in [0.25, 0.3) is 0 Å². The van der Waals surface area contributed by atoms with Gasteiger partial charge in [0.15, 0.2) is 0 Å². The summed E-state index contributed by atoms with van der Waals surface area (Å²) in [7, 11) is 1.36. The van der Waals surface area contributed by atoms with E-state index in [9.17, 15) is 9.59 Å². The van der Waals surface area contributed by atoms with Crippen LogP contribution in [-0.2, 0) is 25.7 Å². The van der Waals surface area contributed by atoms with E-state index in [0.717, 1.165) is 30.9 Å². The number of carbonyl (C=O) groups excluding carboxylic acids is 2. The SMILES string of the molecule is C=CCON1C(=O)C[C@H](C(=O)OC)C12CCN(Cc1ccc(OCCO)cc1)CC2. The van der Waals surface area contributed by atoms with Gasteiger partial charge in [-0.15, -0.1) is 6.58 Å². The number of hydroxylamine groups is 2. The Balaban J connectivity index is 1.66. The van der Waals surface area contributed by atoms with Gasteiger partial charge in [0.05, 0.1) is 31.8 Å². The van der Waals surface area contributed by atoms with Gasteiger partial charge in [-0.25, -0.2) is 5.06 Å². The lowest BCUT2D eigenvalue weighted by molar-refractivity contribution is -0.218. The standard InChI is InChI=1S/C22H30N2O6/c1-3-13-30-24-20(26)15-19(21(27)28-2)22(24)8-10-23(11-9-22)16-17-4-6-18(7-5-17)29-14-12-25/h3-7,19,25H,1,8-16H2,2H3/t19-/m1/s1. The number of amides is 1. The fourth-order valence-corrected chi connectivity index (χ4v) is 4.37. The van der Waals surface area contributed by atoms with Crippen LogP contribution in [0.25, 0.3) is 0 Å². The fourth-order valence-electron chi connectivity index (χ4n) is 4.37. The van der Waals surface area contributed by atoms with Gasteiger partial charge in [0.2, 0.25) is 5.91 Å². The molecule has 2 aliphatic heterocycles. The number of ether oxygens (including phenoxy) is 2. The molecule has 0 aliphatic carbocycles. The van der Waals surface area contributed by atoms with Crippen LogP contribution >= 0.6 is 0 Å². The summed E-state index contributed by atoms with van der Waals surface area (Å²) >= 11 is 0. The molecule has 1 N–H and O–H groups in total. The summed E-state index contributed by atoms with van der Waals surface area (Å²) in [5, 5.41) is 10.3. The predicted octanol–water partition coefficient (Wildman–Crippen LogP) is 1.53. The first kappa shape index (κ1) is 22.3. The molecule has 164 valence electrons. The van der Waals surface area contributed by atoms with Crippen molar-refractivity contribution in [3.05, 3.63) is 42.5 Å². The van der Waals surface area contributed by atoms with Crippen molar-refractivity contribution in [2.75, 3.05) is 40.0 Å². The van der Waals surface area contributed by atoms with E-state index in [1.807, 2.05) is 24.3 Å². The van der Waals surface area contributed by atoms with Gasteiger partial charge in [-0.3, -0.25) is 19.3 Å². The highest BCUT2D eigenvalue weighted by atomic mass is 16.7. The first-order valence-corrected chi connectivity index (χ1v) is 10.2. The van der Waals surface area contributed by atoms with Gasteiger partial charge in [-0.1, -0.05) is 18.2 Å². The van der Waals surface area contributed by atoms with Gasteiger partial charge in [-0.2, -0.15) is 0 Å². The Kier molecular flexibility index (Phi) is 7.47. The molecule has 2 aliphatic rings. The molecule has 0 aromatic heterocycles. The van der Waals surface area contributed by atoms with Gasteiger partial charge < -0.3 is 14.6 Å². The number of likely N-dealkylation sites (tertiary alicyclic amines) is 1. The monoisotopic (exact) mass is 418 g/mol. The second kappa shape index (κ2) is 10.1. The molecule has 3 rings (SSSR count). The average Bonchev–Trinajstić information content (AvgIpc) is 3.04. The van der Waals surface area contributed by atoms with E-state index >= 15 is 0 Å². The van der Waals surface area contributed by atoms with Crippen LogP contribution in [0.5, 0.6) is 5.75 Å². The van der Waals surface area contributed by atoms with E-state index in [4.69, 9.17) is 19.4 Å². The van der Waals surface area contributed by atoms with Crippen molar-refractivity contribution in [1.29, 1.82) is 0 Å². The van der Waals surface area contributed by atoms with Crippen LogP contribution < -0.4 is 4.74 Å². The van der Waals surface area contributed by atoms with Crippen molar-refractivity contribution in [3.8, 4) is 5.75 Å². The average molecular weight is 418 g/mol. The summed E-state index contributed by atoms with van der Waals surface area (Å²) in [6, 6.07) is 7.80. The molecule has 1 amide bonds. The molecular formula is C22H30N2O6. The summed E-state index contributed by atoms with van der Waals surface area (Å²) in [5.41, 5.74) is 0.472. The molecule has 1 spiro atoms. The fraction of sp³-hybridized carbons (Fsp3) is 0.545. The maximum atomic E-state index is 12.6. The van der Waals surface area contributed by atoms with E-state index in [0.29, 0.717) is 12.8 Å². The maximum absolute atomic E-state index is 12.6. The van der Waals surface area contributed by atoms with Crippen LogP contribution in [0.4, 0.5) is 0 Å². The van der Waals surface area contributed by atoms with E-state index in [1.54, 1.807) is 6.08 Å². The largest absolute Gasteiger partial charge is 0.491 e. The number of piperidine rings is 1. The van der Waals surface area contributed by atoms with E-state index < -0.39 is 11.5 Å². The van der Waals surface area contributed by atoms with Gasteiger partial charge >= 0.3 is 5.97 Å². The number of esters is 1. The zero-order chi connectivity index (χ0) is 21.6. The van der Waals surface area contributed by atoms with Crippen molar-refractivity contribution in [2.24, 2.45) is 5.92 Å². The Morgan fingerprint density at radius 3 is 2.60 bits per heavy atom. The van der Waals surface area contributed by atoms with Crippen molar-refractivity contribution < 1.29 is 29.0 Å². The number of aliphatic hydroxyl groups is 1. The molecular weight excluding hydrogens is 388 g/mol. The number of carbonyl (C=O) groups is 2. The highest BCUT2D eigenvalue weighted by molar-refractivity contribution is 5.88. The number of rotatable bonds is 9. The van der Waals surface area contributed by atoms with E-state index in [1.165, 1.54) is 12.2 Å². The lowest BCUT2D eigenvalue weighted by atomic mass is 9.77. The summed E-state index contributed by atoms with van der Waals surface area (Å²) < 4.78 is 10.4. The first-order chi connectivity index (χ1) is 14.5. The normalized spacial score (nSPS) is 21.1. The lowest BCUT2D eigenvalue weighted by Gasteiger charge is -2.45.